The van der Waals surface area contributed by atoms with Crippen LogP contribution in [0.4, 0.5) is 0 Å². The van der Waals surface area contributed by atoms with Gasteiger partial charge in [0.25, 0.3) is 0 Å². The molecular formula is C17H16N2O2. The summed E-state index contributed by atoms with van der Waals surface area (Å²) >= 11 is 0. The van der Waals surface area contributed by atoms with Crippen molar-refractivity contribution in [1.82, 2.24) is 9.55 Å². The van der Waals surface area contributed by atoms with Crippen LogP contribution in [0, 0.1) is 6.92 Å². The lowest BCUT2D eigenvalue weighted by Gasteiger charge is -2.07. The SMILES string of the molecule is COC(=O)Cc1c(C)n(-c2ccccn2)c2ccccc12. The molecule has 0 amide bonds. The molecule has 0 aliphatic rings. The molecule has 0 saturated carbocycles. The summed E-state index contributed by atoms with van der Waals surface area (Å²) in [6.45, 7) is 2.01. The highest BCUT2D eigenvalue weighted by Gasteiger charge is 2.17. The molecule has 0 radical (unpaired) electrons. The number of carbonyl (C=O) groups excluding carboxylic acids is 1. The van der Waals surface area contributed by atoms with E-state index in [-0.39, 0.29) is 12.4 Å². The normalized spacial score (nSPS) is 10.8. The lowest BCUT2D eigenvalue weighted by atomic mass is 10.1. The van der Waals surface area contributed by atoms with Gasteiger partial charge in [0, 0.05) is 17.3 Å². The Morgan fingerprint density at radius 2 is 1.95 bits per heavy atom. The molecule has 0 saturated heterocycles. The van der Waals surface area contributed by atoms with Crippen LogP contribution in [0.3, 0.4) is 0 Å². The molecule has 4 heteroatoms. The van der Waals surface area contributed by atoms with Crippen molar-refractivity contribution in [3.8, 4) is 5.82 Å². The molecule has 0 spiro atoms. The van der Waals surface area contributed by atoms with Gasteiger partial charge in [-0.2, -0.15) is 0 Å². The monoisotopic (exact) mass is 280 g/mol. The van der Waals surface area contributed by atoms with Crippen LogP contribution >= 0.6 is 0 Å². The molecule has 4 nitrogen and oxygen atoms in total. The second-order valence-corrected chi connectivity index (χ2v) is 4.86. The minimum absolute atomic E-state index is 0.234. The van der Waals surface area contributed by atoms with Gasteiger partial charge < -0.3 is 4.74 Å². The van der Waals surface area contributed by atoms with Gasteiger partial charge in [0.05, 0.1) is 19.0 Å². The number of fused-ring (bicyclic) bond motifs is 1. The van der Waals surface area contributed by atoms with Gasteiger partial charge in [-0.05, 0) is 30.7 Å². The van der Waals surface area contributed by atoms with Crippen LogP contribution in [0.5, 0.6) is 0 Å². The second-order valence-electron chi connectivity index (χ2n) is 4.86. The second kappa shape index (κ2) is 5.40. The Morgan fingerprint density at radius 3 is 2.67 bits per heavy atom. The third-order valence-corrected chi connectivity index (χ3v) is 3.67. The van der Waals surface area contributed by atoms with Crippen LogP contribution in [0.15, 0.2) is 48.7 Å². The van der Waals surface area contributed by atoms with E-state index in [4.69, 9.17) is 4.74 Å². The van der Waals surface area contributed by atoms with E-state index in [9.17, 15) is 4.79 Å². The van der Waals surface area contributed by atoms with Crippen molar-refractivity contribution in [2.24, 2.45) is 0 Å². The highest BCUT2D eigenvalue weighted by atomic mass is 16.5. The molecule has 0 aliphatic carbocycles. The van der Waals surface area contributed by atoms with Gasteiger partial charge in [-0.3, -0.25) is 9.36 Å². The first kappa shape index (κ1) is 13.4. The number of pyridine rings is 1. The number of benzene rings is 1. The van der Waals surface area contributed by atoms with Crippen molar-refractivity contribution in [3.05, 3.63) is 59.9 Å². The van der Waals surface area contributed by atoms with Gasteiger partial charge in [0.1, 0.15) is 5.82 Å². The fraction of sp³-hybridized carbons (Fsp3) is 0.176. The summed E-state index contributed by atoms with van der Waals surface area (Å²) in [4.78, 5) is 16.1. The number of carbonyl (C=O) groups is 1. The third kappa shape index (κ3) is 2.29. The number of methoxy groups -OCH3 is 1. The van der Waals surface area contributed by atoms with Gasteiger partial charge in [-0.25, -0.2) is 4.98 Å². The molecule has 0 atom stereocenters. The number of para-hydroxylation sites is 1. The summed E-state index contributed by atoms with van der Waals surface area (Å²) < 4.78 is 6.89. The summed E-state index contributed by atoms with van der Waals surface area (Å²) in [6.07, 6.45) is 2.03. The van der Waals surface area contributed by atoms with E-state index in [1.807, 2.05) is 49.4 Å². The van der Waals surface area contributed by atoms with E-state index in [0.29, 0.717) is 0 Å². The molecule has 2 heterocycles. The Morgan fingerprint density at radius 1 is 1.19 bits per heavy atom. The molecule has 21 heavy (non-hydrogen) atoms. The van der Waals surface area contributed by atoms with Gasteiger partial charge in [0.15, 0.2) is 0 Å². The first-order valence-corrected chi connectivity index (χ1v) is 6.79. The third-order valence-electron chi connectivity index (χ3n) is 3.67. The van der Waals surface area contributed by atoms with E-state index in [1.165, 1.54) is 7.11 Å². The summed E-state index contributed by atoms with van der Waals surface area (Å²) in [5.41, 5.74) is 3.05. The van der Waals surface area contributed by atoms with Crippen LogP contribution in [0.1, 0.15) is 11.3 Å². The van der Waals surface area contributed by atoms with Crippen molar-refractivity contribution in [1.29, 1.82) is 0 Å². The molecule has 0 fully saturated rings. The number of nitrogens with zero attached hydrogens (tertiary/aromatic N) is 2. The van der Waals surface area contributed by atoms with Crippen LogP contribution < -0.4 is 0 Å². The molecule has 3 rings (SSSR count). The zero-order valence-corrected chi connectivity index (χ0v) is 12.0. The van der Waals surface area contributed by atoms with E-state index < -0.39 is 0 Å². The van der Waals surface area contributed by atoms with Gasteiger partial charge in [0.2, 0.25) is 0 Å². The molecule has 0 unspecified atom stereocenters. The molecule has 0 aliphatic heterocycles. The minimum atomic E-state index is -0.234. The van der Waals surface area contributed by atoms with Crippen LogP contribution in [-0.2, 0) is 16.0 Å². The van der Waals surface area contributed by atoms with E-state index in [1.54, 1.807) is 6.20 Å². The number of ether oxygens (including phenoxy) is 1. The predicted octanol–water partition coefficient (Wildman–Crippen LogP) is 3.05. The molecule has 3 aromatic rings. The van der Waals surface area contributed by atoms with Gasteiger partial charge >= 0.3 is 5.97 Å². The molecular weight excluding hydrogens is 264 g/mol. The Labute approximate surface area is 123 Å². The average molecular weight is 280 g/mol. The minimum Gasteiger partial charge on any atom is -0.469 e. The highest BCUT2D eigenvalue weighted by molar-refractivity contribution is 5.90. The largest absolute Gasteiger partial charge is 0.469 e. The summed E-state index contributed by atoms with van der Waals surface area (Å²) in [7, 11) is 1.41. The van der Waals surface area contributed by atoms with Crippen molar-refractivity contribution in [2.45, 2.75) is 13.3 Å². The number of hydrogen-bond donors (Lipinski definition) is 0. The van der Waals surface area contributed by atoms with Crippen LogP contribution in [-0.4, -0.2) is 22.6 Å². The fourth-order valence-electron chi connectivity index (χ4n) is 2.66. The lowest BCUT2D eigenvalue weighted by Crippen LogP contribution is -2.06. The van der Waals surface area contributed by atoms with Crippen LogP contribution in [0.2, 0.25) is 0 Å². The standard InChI is InChI=1S/C17H16N2O2/c1-12-14(11-17(20)21-2)13-7-3-4-8-15(13)19(12)16-9-5-6-10-18-16/h3-10H,11H2,1-2H3. The zero-order chi connectivity index (χ0) is 14.8. The molecule has 106 valence electrons. The summed E-state index contributed by atoms with van der Waals surface area (Å²) in [5.74, 6) is 0.615. The first-order valence-electron chi connectivity index (χ1n) is 6.79. The maximum atomic E-state index is 11.7. The number of aromatic nitrogens is 2. The van der Waals surface area contributed by atoms with Gasteiger partial charge in [-0.1, -0.05) is 24.3 Å². The maximum absolute atomic E-state index is 11.7. The Hall–Kier alpha value is -2.62. The maximum Gasteiger partial charge on any atom is 0.310 e. The molecule has 1 aromatic carbocycles. The lowest BCUT2D eigenvalue weighted by molar-refractivity contribution is -0.139. The van der Waals surface area contributed by atoms with E-state index in [2.05, 4.69) is 9.55 Å². The molecule has 0 bridgehead atoms. The van der Waals surface area contributed by atoms with E-state index in [0.717, 1.165) is 28.0 Å². The molecule has 0 N–H and O–H groups in total. The Balaban J connectivity index is 2.26. The quantitative estimate of drug-likeness (QED) is 0.693. The predicted molar refractivity (Wildman–Crippen MR) is 81.5 cm³/mol. The Kier molecular flexibility index (Phi) is 3.44. The number of hydrogen-bond acceptors (Lipinski definition) is 3. The number of esters is 1. The number of rotatable bonds is 3. The smallest absolute Gasteiger partial charge is 0.310 e. The van der Waals surface area contributed by atoms with Crippen molar-refractivity contribution < 1.29 is 9.53 Å². The fourth-order valence-corrected chi connectivity index (χ4v) is 2.66. The summed E-state index contributed by atoms with van der Waals surface area (Å²) in [5, 5.41) is 1.06. The van der Waals surface area contributed by atoms with Crippen molar-refractivity contribution in [3.63, 3.8) is 0 Å². The zero-order valence-electron chi connectivity index (χ0n) is 12.0. The van der Waals surface area contributed by atoms with Gasteiger partial charge in [-0.15, -0.1) is 0 Å². The van der Waals surface area contributed by atoms with Crippen molar-refractivity contribution >= 4 is 16.9 Å². The Bertz CT molecular complexity index is 791. The van der Waals surface area contributed by atoms with Crippen LogP contribution in [0.25, 0.3) is 16.7 Å². The van der Waals surface area contributed by atoms with E-state index >= 15 is 0 Å². The average Bonchev–Trinajstić information content (AvgIpc) is 2.80. The highest BCUT2D eigenvalue weighted by Crippen LogP contribution is 2.28. The molecule has 2 aromatic heterocycles. The van der Waals surface area contributed by atoms with Crippen molar-refractivity contribution in [2.75, 3.05) is 7.11 Å². The summed E-state index contributed by atoms with van der Waals surface area (Å²) in [6, 6.07) is 13.8. The first-order chi connectivity index (χ1) is 10.2. The topological polar surface area (TPSA) is 44.1 Å².